The van der Waals surface area contributed by atoms with E-state index in [1.807, 2.05) is 6.92 Å². The summed E-state index contributed by atoms with van der Waals surface area (Å²) in [5.74, 6) is 0.464. The predicted molar refractivity (Wildman–Crippen MR) is 73.3 cm³/mol. The van der Waals surface area contributed by atoms with Gasteiger partial charge in [-0.2, -0.15) is 0 Å². The fraction of sp³-hybridized carbons (Fsp3) is 0.625. The van der Waals surface area contributed by atoms with E-state index in [4.69, 9.17) is 5.73 Å². The molecule has 2 atom stereocenters. The first-order valence-electron chi connectivity index (χ1n) is 7.08. The zero-order valence-electron chi connectivity index (χ0n) is 11.2. The van der Waals surface area contributed by atoms with Crippen LogP contribution in [0, 0.1) is 11.3 Å². The molecule has 18 heavy (non-hydrogen) atoms. The number of hydrogen-bond donors (Lipinski definition) is 2. The summed E-state index contributed by atoms with van der Waals surface area (Å²) in [6.45, 7) is 2.61. The van der Waals surface area contributed by atoms with E-state index in [0.717, 1.165) is 32.1 Å². The number of benzene rings is 1. The summed E-state index contributed by atoms with van der Waals surface area (Å²) in [5.41, 5.74) is 8.19. The molecular weight excluding hydrogens is 222 g/mol. The summed E-state index contributed by atoms with van der Waals surface area (Å²) in [7, 11) is 0. The van der Waals surface area contributed by atoms with Crippen molar-refractivity contribution >= 4 is 0 Å². The summed E-state index contributed by atoms with van der Waals surface area (Å²) in [6.07, 6.45) is 5.33. The molecule has 3 N–H and O–H groups in total. The average Bonchev–Trinajstić information content (AvgIpc) is 3.22. The molecule has 2 aliphatic rings. The number of aryl methyl sites for hydroxylation is 1. The Labute approximate surface area is 109 Å². The second-order valence-corrected chi connectivity index (χ2v) is 6.35. The highest BCUT2D eigenvalue weighted by molar-refractivity contribution is 5.32. The molecule has 0 radical (unpaired) electrons. The number of hydrogen-bond acceptors (Lipinski definition) is 2. The summed E-state index contributed by atoms with van der Waals surface area (Å²) in [5, 5.41) is 11.0. The zero-order valence-corrected chi connectivity index (χ0v) is 11.2. The molecule has 0 aromatic heterocycles. The fourth-order valence-corrected chi connectivity index (χ4v) is 3.69. The Bertz CT molecular complexity index is 450. The predicted octanol–water partition coefficient (Wildman–Crippen LogP) is 2.28. The van der Waals surface area contributed by atoms with Crippen molar-refractivity contribution in [2.45, 2.75) is 44.6 Å². The van der Waals surface area contributed by atoms with Gasteiger partial charge in [0.1, 0.15) is 0 Å². The van der Waals surface area contributed by atoms with Crippen LogP contribution in [0.4, 0.5) is 0 Å². The van der Waals surface area contributed by atoms with E-state index in [-0.39, 0.29) is 5.41 Å². The Kier molecular flexibility index (Phi) is 2.76. The standard InChI is InChI=1S/C16H23NO/c1-15(18,14-6-7-14)16(11-17)9-8-12-4-2-3-5-13(12)10-16/h2-5,14,18H,6-11,17H2,1H3. The first-order chi connectivity index (χ1) is 8.59. The lowest BCUT2D eigenvalue weighted by Gasteiger charge is -2.48. The lowest BCUT2D eigenvalue weighted by atomic mass is 9.61. The van der Waals surface area contributed by atoms with Crippen molar-refractivity contribution in [1.29, 1.82) is 0 Å². The van der Waals surface area contributed by atoms with Gasteiger partial charge in [-0.1, -0.05) is 24.3 Å². The van der Waals surface area contributed by atoms with Gasteiger partial charge in [-0.15, -0.1) is 0 Å². The summed E-state index contributed by atoms with van der Waals surface area (Å²) in [6, 6.07) is 8.61. The number of aliphatic hydroxyl groups is 1. The molecule has 2 aliphatic carbocycles. The quantitative estimate of drug-likeness (QED) is 0.858. The highest BCUT2D eigenvalue weighted by atomic mass is 16.3. The molecule has 0 saturated heterocycles. The molecule has 1 aromatic carbocycles. The van der Waals surface area contributed by atoms with Crippen LogP contribution in [-0.4, -0.2) is 17.3 Å². The zero-order chi connectivity index (χ0) is 12.8. The molecule has 0 aliphatic heterocycles. The molecule has 98 valence electrons. The molecule has 1 fully saturated rings. The Balaban J connectivity index is 1.95. The smallest absolute Gasteiger partial charge is 0.0719 e. The lowest BCUT2D eigenvalue weighted by molar-refractivity contribution is -0.0910. The summed E-state index contributed by atoms with van der Waals surface area (Å²) >= 11 is 0. The van der Waals surface area contributed by atoms with Crippen LogP contribution in [0.1, 0.15) is 37.3 Å². The van der Waals surface area contributed by atoms with Crippen molar-refractivity contribution < 1.29 is 5.11 Å². The topological polar surface area (TPSA) is 46.2 Å². The van der Waals surface area contributed by atoms with Gasteiger partial charge in [0.2, 0.25) is 0 Å². The fourth-order valence-electron chi connectivity index (χ4n) is 3.69. The maximum Gasteiger partial charge on any atom is 0.0719 e. The van der Waals surface area contributed by atoms with Crippen LogP contribution in [-0.2, 0) is 12.8 Å². The molecule has 0 heterocycles. The second-order valence-electron chi connectivity index (χ2n) is 6.35. The van der Waals surface area contributed by atoms with E-state index < -0.39 is 5.60 Å². The van der Waals surface area contributed by atoms with Crippen molar-refractivity contribution in [3.63, 3.8) is 0 Å². The molecule has 1 aromatic rings. The Morgan fingerprint density at radius 3 is 2.61 bits per heavy atom. The highest BCUT2D eigenvalue weighted by Crippen LogP contribution is 2.53. The second kappa shape index (κ2) is 4.07. The van der Waals surface area contributed by atoms with Crippen molar-refractivity contribution in [2.75, 3.05) is 6.54 Å². The van der Waals surface area contributed by atoms with Gasteiger partial charge in [0, 0.05) is 12.0 Å². The van der Waals surface area contributed by atoms with Crippen LogP contribution in [0.15, 0.2) is 24.3 Å². The number of fused-ring (bicyclic) bond motifs is 1. The highest BCUT2D eigenvalue weighted by Gasteiger charge is 2.54. The number of rotatable bonds is 3. The van der Waals surface area contributed by atoms with Gasteiger partial charge in [-0.05, 0) is 56.1 Å². The van der Waals surface area contributed by atoms with E-state index in [1.165, 1.54) is 11.1 Å². The average molecular weight is 245 g/mol. The van der Waals surface area contributed by atoms with Crippen LogP contribution in [0.3, 0.4) is 0 Å². The minimum atomic E-state index is -0.602. The maximum atomic E-state index is 11.0. The van der Waals surface area contributed by atoms with E-state index in [9.17, 15) is 5.11 Å². The van der Waals surface area contributed by atoms with Crippen LogP contribution in [0.5, 0.6) is 0 Å². The molecule has 2 nitrogen and oxygen atoms in total. The molecule has 0 spiro atoms. The minimum Gasteiger partial charge on any atom is -0.389 e. The largest absolute Gasteiger partial charge is 0.389 e. The van der Waals surface area contributed by atoms with E-state index >= 15 is 0 Å². The normalized spacial score (nSPS) is 30.6. The molecule has 3 rings (SSSR count). The Morgan fingerprint density at radius 2 is 2.00 bits per heavy atom. The molecular formula is C16H23NO. The lowest BCUT2D eigenvalue weighted by Crippen LogP contribution is -2.55. The van der Waals surface area contributed by atoms with Crippen LogP contribution >= 0.6 is 0 Å². The van der Waals surface area contributed by atoms with Gasteiger partial charge in [0.05, 0.1) is 5.60 Å². The third-order valence-electron chi connectivity index (χ3n) is 5.36. The summed E-state index contributed by atoms with van der Waals surface area (Å²) < 4.78 is 0. The summed E-state index contributed by atoms with van der Waals surface area (Å²) in [4.78, 5) is 0. The monoisotopic (exact) mass is 245 g/mol. The molecule has 2 heteroatoms. The number of nitrogens with two attached hydrogens (primary N) is 1. The van der Waals surface area contributed by atoms with Gasteiger partial charge in [-0.3, -0.25) is 0 Å². The van der Waals surface area contributed by atoms with E-state index in [2.05, 4.69) is 24.3 Å². The van der Waals surface area contributed by atoms with Crippen molar-refractivity contribution in [1.82, 2.24) is 0 Å². The minimum absolute atomic E-state index is 0.123. The Morgan fingerprint density at radius 1 is 1.33 bits per heavy atom. The molecule has 1 saturated carbocycles. The van der Waals surface area contributed by atoms with Crippen LogP contribution in [0.25, 0.3) is 0 Å². The molecule has 2 unspecified atom stereocenters. The van der Waals surface area contributed by atoms with Crippen LogP contribution < -0.4 is 5.73 Å². The van der Waals surface area contributed by atoms with Crippen LogP contribution in [0.2, 0.25) is 0 Å². The van der Waals surface area contributed by atoms with Gasteiger partial charge >= 0.3 is 0 Å². The SMILES string of the molecule is CC(O)(C1CC1)C1(CN)CCc2ccccc2C1. The van der Waals surface area contributed by atoms with E-state index in [0.29, 0.717) is 12.5 Å². The first kappa shape index (κ1) is 12.2. The van der Waals surface area contributed by atoms with Gasteiger partial charge in [0.15, 0.2) is 0 Å². The Hall–Kier alpha value is -0.860. The molecule has 0 bridgehead atoms. The van der Waals surface area contributed by atoms with Gasteiger partial charge in [0.25, 0.3) is 0 Å². The third kappa shape index (κ3) is 1.70. The van der Waals surface area contributed by atoms with Crippen molar-refractivity contribution in [3.05, 3.63) is 35.4 Å². The van der Waals surface area contributed by atoms with Gasteiger partial charge in [-0.25, -0.2) is 0 Å². The maximum absolute atomic E-state index is 11.0. The van der Waals surface area contributed by atoms with Crippen molar-refractivity contribution in [3.8, 4) is 0 Å². The third-order valence-corrected chi connectivity index (χ3v) is 5.36. The first-order valence-corrected chi connectivity index (χ1v) is 7.08. The van der Waals surface area contributed by atoms with E-state index in [1.54, 1.807) is 0 Å². The van der Waals surface area contributed by atoms with Crippen molar-refractivity contribution in [2.24, 2.45) is 17.1 Å². The van der Waals surface area contributed by atoms with Gasteiger partial charge < -0.3 is 10.8 Å². The molecule has 0 amide bonds.